The van der Waals surface area contributed by atoms with Gasteiger partial charge in [0.15, 0.2) is 11.6 Å². The fourth-order valence-electron chi connectivity index (χ4n) is 3.29. The fourth-order valence-corrected chi connectivity index (χ4v) is 3.29. The number of amides is 2. The number of hydrogen-bond donors (Lipinski definition) is 1. The highest BCUT2D eigenvalue weighted by atomic mass is 19.4. The number of hydrogen-bond acceptors (Lipinski definition) is 7. The maximum Gasteiger partial charge on any atom is 0.471 e. The summed E-state index contributed by atoms with van der Waals surface area (Å²) in [6.07, 6.45) is -4.82. The van der Waals surface area contributed by atoms with E-state index in [1.165, 1.54) is 31.1 Å². The number of fused-ring (bicyclic) bond motifs is 1. The van der Waals surface area contributed by atoms with Crippen LogP contribution in [0.3, 0.4) is 0 Å². The Morgan fingerprint density at radius 2 is 1.87 bits per heavy atom. The number of imidazole rings is 1. The molecule has 0 fully saturated rings. The second-order valence-electron chi connectivity index (χ2n) is 8.66. The summed E-state index contributed by atoms with van der Waals surface area (Å²) in [7, 11) is 3.89. The number of aryl methyl sites for hydroxylation is 1. The van der Waals surface area contributed by atoms with Crippen LogP contribution in [0.5, 0.6) is 0 Å². The number of anilines is 2. The number of aromatic nitrogens is 3. The Bertz CT molecular complexity index is 1500. The number of carbonyl (C=O) groups excluding carboxylic acids is 3. The van der Waals surface area contributed by atoms with E-state index in [-0.39, 0.29) is 46.1 Å². The first-order valence-corrected chi connectivity index (χ1v) is 11.3. The van der Waals surface area contributed by atoms with Gasteiger partial charge in [-0.05, 0) is 24.1 Å². The molecule has 0 aliphatic heterocycles. The zero-order valence-electron chi connectivity index (χ0n) is 21.4. The quantitative estimate of drug-likeness (QED) is 0.290. The molecule has 0 bridgehead atoms. The lowest BCUT2D eigenvalue weighted by Gasteiger charge is -2.19. The third-order valence-corrected chi connectivity index (χ3v) is 5.11. The van der Waals surface area contributed by atoms with Crippen LogP contribution in [0.2, 0.25) is 0 Å². The second-order valence-corrected chi connectivity index (χ2v) is 8.66. The van der Waals surface area contributed by atoms with Crippen molar-refractivity contribution < 1.29 is 41.4 Å². The van der Waals surface area contributed by atoms with E-state index in [1.54, 1.807) is 5.32 Å². The van der Waals surface area contributed by atoms with E-state index in [2.05, 4.69) is 26.5 Å². The minimum absolute atomic E-state index is 0.00647. The maximum atomic E-state index is 14.1. The third kappa shape index (κ3) is 6.61. The molecule has 2 heterocycles. The Kier molecular flexibility index (Phi) is 8.43. The number of alkyl halides is 3. The van der Waals surface area contributed by atoms with Gasteiger partial charge in [-0.3, -0.25) is 9.69 Å². The van der Waals surface area contributed by atoms with E-state index < -0.39 is 35.8 Å². The first kappa shape index (κ1) is 28.9. The summed E-state index contributed by atoms with van der Waals surface area (Å²) < 4.78 is 64.7. The van der Waals surface area contributed by atoms with Crippen molar-refractivity contribution in [3.8, 4) is 11.8 Å². The molecule has 0 radical (unpaired) electrons. The predicted octanol–water partition coefficient (Wildman–Crippen LogP) is 4.02. The normalized spacial score (nSPS) is 11.1. The summed E-state index contributed by atoms with van der Waals surface area (Å²) in [6, 6.07) is 3.14. The maximum absolute atomic E-state index is 14.1. The number of ether oxygens (including phenoxy) is 2. The van der Waals surface area contributed by atoms with Crippen molar-refractivity contribution in [3.05, 3.63) is 47.0 Å². The number of esters is 1. The minimum atomic E-state index is -5.27. The fraction of sp³-hybridized carbons (Fsp3) is 0.320. The van der Waals surface area contributed by atoms with E-state index in [4.69, 9.17) is 4.74 Å². The average Bonchev–Trinajstić information content (AvgIpc) is 3.25. The molecule has 3 aromatic rings. The summed E-state index contributed by atoms with van der Waals surface area (Å²) >= 11 is 0. The smallest absolute Gasteiger partial charge is 0.465 e. The van der Waals surface area contributed by atoms with Gasteiger partial charge in [-0.1, -0.05) is 25.7 Å². The number of rotatable bonds is 5. The summed E-state index contributed by atoms with van der Waals surface area (Å²) in [5.41, 5.74) is -0.201. The number of nitrogens with zero attached hydrogens (tertiary/aromatic N) is 4. The van der Waals surface area contributed by atoms with Crippen LogP contribution in [-0.4, -0.2) is 59.4 Å². The molecule has 206 valence electrons. The molecular formula is C25H23F4N5O5. The van der Waals surface area contributed by atoms with E-state index in [1.807, 2.05) is 13.8 Å². The number of halogens is 4. The Labute approximate surface area is 219 Å². The average molecular weight is 549 g/mol. The largest absolute Gasteiger partial charge is 0.471 e. The first-order valence-electron chi connectivity index (χ1n) is 11.3. The van der Waals surface area contributed by atoms with Gasteiger partial charge in [0.05, 0.1) is 36.7 Å². The van der Waals surface area contributed by atoms with Crippen molar-refractivity contribution in [1.82, 2.24) is 14.5 Å². The molecule has 0 unspecified atom stereocenters. The highest BCUT2D eigenvalue weighted by molar-refractivity contribution is 6.03. The van der Waals surface area contributed by atoms with E-state index in [9.17, 15) is 31.9 Å². The number of benzene rings is 1. The monoisotopic (exact) mass is 549 g/mol. The van der Waals surface area contributed by atoms with Crippen molar-refractivity contribution in [2.24, 2.45) is 13.0 Å². The molecule has 0 saturated heterocycles. The standard InChI is InChI=1S/C25H23F4N5O5/c1-13(2)11-39-24(37)34(4)21-18-19(33(3)12-30-18)17(20(31-21)32-23(36)25(27,28)29)7-6-14-8-15(22(35)38-5)10-16(26)9-14/h8-10,12-13H,11H2,1-5H3,(H,31,32,36). The van der Waals surface area contributed by atoms with Crippen molar-refractivity contribution in [2.45, 2.75) is 20.0 Å². The molecule has 1 N–H and O–H groups in total. The molecule has 2 aromatic heterocycles. The van der Waals surface area contributed by atoms with Gasteiger partial charge in [0.1, 0.15) is 11.3 Å². The zero-order valence-corrected chi connectivity index (χ0v) is 21.4. The van der Waals surface area contributed by atoms with Gasteiger partial charge in [-0.15, -0.1) is 0 Å². The molecule has 10 nitrogen and oxygen atoms in total. The molecule has 39 heavy (non-hydrogen) atoms. The Hall–Kier alpha value is -4.67. The van der Waals surface area contributed by atoms with Crippen LogP contribution in [0.15, 0.2) is 24.5 Å². The molecule has 0 saturated carbocycles. The summed E-state index contributed by atoms with van der Waals surface area (Å²) in [6.45, 7) is 3.69. The van der Waals surface area contributed by atoms with Crippen LogP contribution >= 0.6 is 0 Å². The van der Waals surface area contributed by atoms with Crippen LogP contribution in [0.1, 0.15) is 35.3 Å². The number of pyridine rings is 1. The molecule has 0 atom stereocenters. The molecule has 0 aliphatic rings. The first-order chi connectivity index (χ1) is 18.2. The number of nitrogens with one attached hydrogen (secondary N) is 1. The lowest BCUT2D eigenvalue weighted by Crippen LogP contribution is -2.32. The Morgan fingerprint density at radius 3 is 2.49 bits per heavy atom. The van der Waals surface area contributed by atoms with E-state index >= 15 is 0 Å². The van der Waals surface area contributed by atoms with Crippen molar-refractivity contribution in [2.75, 3.05) is 31.0 Å². The Morgan fingerprint density at radius 1 is 1.18 bits per heavy atom. The van der Waals surface area contributed by atoms with Crippen LogP contribution in [0.4, 0.5) is 34.0 Å². The zero-order chi connectivity index (χ0) is 29.1. The molecule has 3 rings (SSSR count). The molecular weight excluding hydrogens is 526 g/mol. The van der Waals surface area contributed by atoms with Gasteiger partial charge >= 0.3 is 24.1 Å². The topological polar surface area (TPSA) is 116 Å². The summed E-state index contributed by atoms with van der Waals surface area (Å²) in [4.78, 5) is 45.5. The SMILES string of the molecule is COC(=O)c1cc(F)cc(C#Cc2c(NC(=O)C(F)(F)F)nc(N(C)C(=O)OCC(C)C)c3ncn(C)c23)c1. The number of carbonyl (C=O) groups is 3. The highest BCUT2D eigenvalue weighted by Crippen LogP contribution is 2.32. The van der Waals surface area contributed by atoms with Crippen LogP contribution in [-0.2, 0) is 21.3 Å². The lowest BCUT2D eigenvalue weighted by atomic mass is 10.1. The van der Waals surface area contributed by atoms with Gasteiger partial charge in [-0.25, -0.2) is 23.9 Å². The van der Waals surface area contributed by atoms with E-state index in [0.717, 1.165) is 24.1 Å². The van der Waals surface area contributed by atoms with E-state index in [0.29, 0.717) is 0 Å². The molecule has 0 spiro atoms. The van der Waals surface area contributed by atoms with Gasteiger partial charge in [0, 0.05) is 19.7 Å². The van der Waals surface area contributed by atoms with Gasteiger partial charge in [0.2, 0.25) is 0 Å². The van der Waals surface area contributed by atoms with Crippen molar-refractivity contribution >= 4 is 40.6 Å². The molecule has 14 heteroatoms. The van der Waals surface area contributed by atoms with Crippen molar-refractivity contribution in [1.29, 1.82) is 0 Å². The van der Waals surface area contributed by atoms with Gasteiger partial charge in [-0.2, -0.15) is 13.2 Å². The Balaban J connectivity index is 2.23. The lowest BCUT2D eigenvalue weighted by molar-refractivity contribution is -0.167. The molecule has 2 amide bonds. The van der Waals surface area contributed by atoms with Crippen LogP contribution < -0.4 is 10.2 Å². The summed E-state index contributed by atoms with van der Waals surface area (Å²) in [5, 5.41) is 1.68. The molecule has 1 aromatic carbocycles. The van der Waals surface area contributed by atoms with Gasteiger partial charge in [0.25, 0.3) is 0 Å². The van der Waals surface area contributed by atoms with Crippen LogP contribution in [0, 0.1) is 23.6 Å². The molecule has 0 aliphatic carbocycles. The van der Waals surface area contributed by atoms with Gasteiger partial charge < -0.3 is 19.4 Å². The third-order valence-electron chi connectivity index (χ3n) is 5.11. The number of methoxy groups -OCH3 is 1. The highest BCUT2D eigenvalue weighted by Gasteiger charge is 2.39. The summed E-state index contributed by atoms with van der Waals surface area (Å²) in [5.74, 6) is 0.348. The van der Waals surface area contributed by atoms with Crippen molar-refractivity contribution in [3.63, 3.8) is 0 Å². The minimum Gasteiger partial charge on any atom is -0.465 e. The van der Waals surface area contributed by atoms with Crippen LogP contribution in [0.25, 0.3) is 11.0 Å². The predicted molar refractivity (Wildman–Crippen MR) is 132 cm³/mol. The second kappa shape index (κ2) is 11.4.